The third-order valence-electron chi connectivity index (χ3n) is 8.92. The topological polar surface area (TPSA) is 55.8 Å². The fourth-order valence-corrected chi connectivity index (χ4v) is 9.11. The lowest BCUT2D eigenvalue weighted by Crippen LogP contribution is -2.51. The molecule has 0 spiro atoms. The molecule has 0 atom stereocenters. The maximum atomic E-state index is 13.4. The number of thiocarbonyl (C=S) groups is 1. The number of rotatable bonds is 5. The van der Waals surface area contributed by atoms with E-state index in [1.165, 1.54) is 37.4 Å². The third kappa shape index (κ3) is 4.33. The van der Waals surface area contributed by atoms with Crippen LogP contribution in [0.3, 0.4) is 0 Å². The largest absolute Gasteiger partial charge is 0.493 e. The summed E-state index contributed by atoms with van der Waals surface area (Å²) in [5.74, 6) is 2.94. The van der Waals surface area contributed by atoms with Crippen LogP contribution in [0.5, 0.6) is 11.5 Å². The second kappa shape index (κ2) is 9.22. The predicted octanol–water partition coefficient (Wildman–Crippen LogP) is 6.35. The minimum absolute atomic E-state index is 0.00295. The highest BCUT2D eigenvalue weighted by molar-refractivity contribution is 8.26. The van der Waals surface area contributed by atoms with Gasteiger partial charge in [-0.2, -0.15) is 0 Å². The first-order chi connectivity index (χ1) is 16.9. The molecule has 1 heterocycles. The molecule has 1 aliphatic heterocycles. The van der Waals surface area contributed by atoms with Crippen molar-refractivity contribution in [1.82, 2.24) is 4.90 Å². The Morgan fingerprint density at radius 1 is 1.06 bits per heavy atom. The molecule has 5 nitrogen and oxygen atoms in total. The van der Waals surface area contributed by atoms with Crippen LogP contribution in [-0.2, 0) is 9.59 Å². The van der Waals surface area contributed by atoms with E-state index in [9.17, 15) is 9.59 Å². The normalized spacial score (nSPS) is 33.6. The molecule has 6 aliphatic rings. The van der Waals surface area contributed by atoms with E-state index >= 15 is 0 Å². The van der Waals surface area contributed by atoms with Crippen molar-refractivity contribution in [3.05, 3.63) is 28.7 Å². The number of esters is 1. The van der Waals surface area contributed by atoms with Gasteiger partial charge in [0.2, 0.25) is 0 Å². The van der Waals surface area contributed by atoms with Gasteiger partial charge >= 0.3 is 5.97 Å². The average molecular weight is 512 g/mol. The van der Waals surface area contributed by atoms with Gasteiger partial charge < -0.3 is 9.47 Å². The van der Waals surface area contributed by atoms with Gasteiger partial charge in [-0.25, -0.2) is 0 Å². The molecule has 186 valence electrons. The lowest BCUT2D eigenvalue weighted by atomic mass is 9.49. The zero-order valence-electron chi connectivity index (χ0n) is 20.3. The number of hydrogen-bond acceptors (Lipinski definition) is 6. The number of amides is 1. The molecule has 6 fully saturated rings. The Labute approximate surface area is 217 Å². The zero-order chi connectivity index (χ0) is 24.2. The van der Waals surface area contributed by atoms with Gasteiger partial charge in [-0.3, -0.25) is 14.5 Å². The summed E-state index contributed by atoms with van der Waals surface area (Å²) < 4.78 is 12.2. The summed E-state index contributed by atoms with van der Waals surface area (Å²) >= 11 is 6.94. The van der Waals surface area contributed by atoms with Crippen LogP contribution in [0, 0.1) is 23.2 Å². The van der Waals surface area contributed by atoms with Crippen LogP contribution < -0.4 is 9.47 Å². The first kappa shape index (κ1) is 23.5. The van der Waals surface area contributed by atoms with Crippen molar-refractivity contribution in [2.45, 2.75) is 76.7 Å². The van der Waals surface area contributed by atoms with Gasteiger partial charge in [-0.05, 0) is 92.9 Å². The molecule has 0 radical (unpaired) electrons. The molecule has 1 aromatic rings. The lowest BCUT2D eigenvalue weighted by molar-refractivity contribution is -0.161. The third-order valence-corrected chi connectivity index (χ3v) is 10.3. The second-order valence-corrected chi connectivity index (χ2v) is 13.0. The van der Waals surface area contributed by atoms with E-state index in [1.54, 1.807) is 13.2 Å². The predicted molar refractivity (Wildman–Crippen MR) is 141 cm³/mol. The van der Waals surface area contributed by atoms with E-state index < -0.39 is 0 Å². The summed E-state index contributed by atoms with van der Waals surface area (Å²) in [4.78, 5) is 29.0. The molecule has 7 rings (SSSR count). The summed E-state index contributed by atoms with van der Waals surface area (Å²) in [5.41, 5.74) is 0.520. The lowest BCUT2D eigenvalue weighted by Gasteiger charge is -2.55. The molecule has 1 saturated heterocycles. The van der Waals surface area contributed by atoms with Gasteiger partial charge in [0, 0.05) is 6.04 Å². The number of ether oxygens (including phenoxy) is 2. The summed E-state index contributed by atoms with van der Waals surface area (Å²) in [6.07, 6.45) is 14.3. The molecular formula is C28H33NO4S2. The van der Waals surface area contributed by atoms with E-state index in [-0.39, 0.29) is 23.3 Å². The Kier molecular flexibility index (Phi) is 6.20. The average Bonchev–Trinajstić information content (AvgIpc) is 3.12. The summed E-state index contributed by atoms with van der Waals surface area (Å²) in [5, 5.41) is 0. The number of nitrogens with zero attached hydrogens (tertiary/aromatic N) is 1. The van der Waals surface area contributed by atoms with Gasteiger partial charge in [0.05, 0.1) is 17.4 Å². The molecule has 0 aromatic heterocycles. The Bertz CT molecular complexity index is 1060. The van der Waals surface area contributed by atoms with E-state index in [4.69, 9.17) is 21.7 Å². The first-order valence-electron chi connectivity index (χ1n) is 13.1. The molecule has 4 bridgehead atoms. The van der Waals surface area contributed by atoms with Crippen LogP contribution in [0.15, 0.2) is 23.1 Å². The monoisotopic (exact) mass is 511 g/mol. The van der Waals surface area contributed by atoms with Gasteiger partial charge in [-0.15, -0.1) is 0 Å². The van der Waals surface area contributed by atoms with E-state index in [1.807, 2.05) is 23.1 Å². The van der Waals surface area contributed by atoms with E-state index in [0.29, 0.717) is 38.5 Å². The minimum atomic E-state index is -0.314. The quantitative estimate of drug-likeness (QED) is 0.199. The maximum Gasteiger partial charge on any atom is 0.317 e. The van der Waals surface area contributed by atoms with Crippen LogP contribution >= 0.6 is 24.0 Å². The van der Waals surface area contributed by atoms with Crippen molar-refractivity contribution in [1.29, 1.82) is 0 Å². The van der Waals surface area contributed by atoms with Crippen LogP contribution in [0.2, 0.25) is 0 Å². The SMILES string of the molecule is COc1cc(/C=C2/SC(=S)N(C3CCCCC3)C2=O)ccc1OC(=O)C12CC3CC(CC(C3)C1)C2. The number of carbonyl (C=O) groups is 2. The molecule has 7 heteroatoms. The molecule has 5 aliphatic carbocycles. The van der Waals surface area contributed by atoms with Gasteiger partial charge in [0.25, 0.3) is 5.91 Å². The highest BCUT2D eigenvalue weighted by Gasteiger charge is 2.55. The number of methoxy groups -OCH3 is 1. The van der Waals surface area contributed by atoms with Crippen molar-refractivity contribution in [2.24, 2.45) is 23.2 Å². The molecule has 35 heavy (non-hydrogen) atoms. The number of carbonyl (C=O) groups excluding carboxylic acids is 2. The van der Waals surface area contributed by atoms with Crippen LogP contribution in [0.1, 0.15) is 76.2 Å². The van der Waals surface area contributed by atoms with Crippen LogP contribution in [-0.4, -0.2) is 34.2 Å². The van der Waals surface area contributed by atoms with E-state index in [2.05, 4.69) is 0 Å². The molecule has 0 N–H and O–H groups in total. The number of thioether (sulfide) groups is 1. The Morgan fingerprint density at radius 2 is 1.71 bits per heavy atom. The van der Waals surface area contributed by atoms with Crippen LogP contribution in [0.25, 0.3) is 6.08 Å². The van der Waals surface area contributed by atoms with Gasteiger partial charge in [0.15, 0.2) is 11.5 Å². The first-order valence-corrected chi connectivity index (χ1v) is 14.3. The second-order valence-electron chi connectivity index (χ2n) is 11.3. The number of benzene rings is 1. The highest BCUT2D eigenvalue weighted by atomic mass is 32.2. The Hall–Kier alpha value is -1.86. The van der Waals surface area contributed by atoms with E-state index in [0.717, 1.165) is 50.5 Å². The highest BCUT2D eigenvalue weighted by Crippen LogP contribution is 2.60. The van der Waals surface area contributed by atoms with Crippen LogP contribution in [0.4, 0.5) is 0 Å². The molecule has 1 amide bonds. The van der Waals surface area contributed by atoms with Crippen molar-refractivity contribution < 1.29 is 19.1 Å². The fourth-order valence-electron chi connectivity index (χ4n) is 7.71. The van der Waals surface area contributed by atoms with Gasteiger partial charge in [-0.1, -0.05) is 49.3 Å². The summed E-state index contributed by atoms with van der Waals surface area (Å²) in [6, 6.07) is 5.75. The zero-order valence-corrected chi connectivity index (χ0v) is 21.9. The van der Waals surface area contributed by atoms with Crippen molar-refractivity contribution >= 4 is 46.3 Å². The molecule has 5 saturated carbocycles. The fraction of sp³-hybridized carbons (Fsp3) is 0.607. The molecule has 0 unspecified atom stereocenters. The maximum absolute atomic E-state index is 13.4. The summed E-state index contributed by atoms with van der Waals surface area (Å²) in [7, 11) is 1.59. The van der Waals surface area contributed by atoms with Crippen molar-refractivity contribution in [2.75, 3.05) is 7.11 Å². The standard InChI is InChI=1S/C28H33NO4S2/c1-32-23-12-17(13-24-25(30)29(27(34)35-24)21-5-3-2-4-6-21)7-8-22(23)33-26(31)28-14-18-9-19(15-28)11-20(10-18)16-28/h7-8,12-13,18-21H,2-6,9-11,14-16H2,1H3/b24-13+. The molecular weight excluding hydrogens is 478 g/mol. The smallest absolute Gasteiger partial charge is 0.317 e. The van der Waals surface area contributed by atoms with Crippen molar-refractivity contribution in [3.63, 3.8) is 0 Å². The Balaban J connectivity index is 1.19. The summed E-state index contributed by atoms with van der Waals surface area (Å²) in [6.45, 7) is 0. The van der Waals surface area contributed by atoms with Crippen molar-refractivity contribution in [3.8, 4) is 11.5 Å². The minimum Gasteiger partial charge on any atom is -0.493 e. The Morgan fingerprint density at radius 3 is 2.34 bits per heavy atom. The number of hydrogen-bond donors (Lipinski definition) is 0. The molecule has 1 aromatic carbocycles. The van der Waals surface area contributed by atoms with Gasteiger partial charge in [0.1, 0.15) is 4.32 Å².